The van der Waals surface area contributed by atoms with Gasteiger partial charge in [0.1, 0.15) is 5.82 Å². The number of rotatable bonds is 6. The van der Waals surface area contributed by atoms with Crippen molar-refractivity contribution in [3.63, 3.8) is 0 Å². The van der Waals surface area contributed by atoms with Crippen LogP contribution in [-0.4, -0.2) is 20.5 Å². The van der Waals surface area contributed by atoms with E-state index in [0.29, 0.717) is 0 Å². The Bertz CT molecular complexity index is 748. The van der Waals surface area contributed by atoms with Gasteiger partial charge in [-0.25, -0.2) is 0 Å². The third-order valence-corrected chi connectivity index (χ3v) is 4.79. The SMILES string of the molecule is CCc1ccc(-n2c(C)nnc2SCCc2ccccc2)cc1. The summed E-state index contributed by atoms with van der Waals surface area (Å²) in [5, 5.41) is 9.56. The van der Waals surface area contributed by atoms with Crippen LogP contribution in [0.5, 0.6) is 0 Å². The standard InChI is InChI=1S/C19H21N3S/c1-3-16-9-11-18(12-10-16)22-15(2)20-21-19(22)23-14-13-17-7-5-4-6-8-17/h4-12H,3,13-14H2,1-2H3. The van der Waals surface area contributed by atoms with E-state index in [2.05, 4.69) is 76.3 Å². The van der Waals surface area contributed by atoms with Gasteiger partial charge in [-0.2, -0.15) is 0 Å². The molecule has 0 saturated carbocycles. The van der Waals surface area contributed by atoms with Crippen molar-refractivity contribution in [3.8, 4) is 5.69 Å². The van der Waals surface area contributed by atoms with Crippen molar-refractivity contribution in [2.75, 3.05) is 5.75 Å². The summed E-state index contributed by atoms with van der Waals surface area (Å²) in [5.41, 5.74) is 3.83. The molecule has 0 fully saturated rings. The van der Waals surface area contributed by atoms with Gasteiger partial charge in [0.2, 0.25) is 0 Å². The first kappa shape index (κ1) is 15.8. The van der Waals surface area contributed by atoms with Crippen LogP contribution in [0.2, 0.25) is 0 Å². The molecule has 0 bridgehead atoms. The molecule has 1 aromatic heterocycles. The molecule has 3 rings (SSSR count). The average Bonchev–Trinajstić information content (AvgIpc) is 2.97. The fourth-order valence-electron chi connectivity index (χ4n) is 2.52. The van der Waals surface area contributed by atoms with E-state index in [1.807, 2.05) is 6.92 Å². The van der Waals surface area contributed by atoms with Crippen LogP contribution >= 0.6 is 11.8 Å². The second-order valence-electron chi connectivity index (χ2n) is 5.47. The quantitative estimate of drug-likeness (QED) is 0.627. The first-order chi connectivity index (χ1) is 11.3. The van der Waals surface area contributed by atoms with Crippen LogP contribution in [0.25, 0.3) is 5.69 Å². The van der Waals surface area contributed by atoms with Crippen molar-refractivity contribution >= 4 is 11.8 Å². The zero-order valence-electron chi connectivity index (χ0n) is 13.6. The predicted molar refractivity (Wildman–Crippen MR) is 96.3 cm³/mol. The summed E-state index contributed by atoms with van der Waals surface area (Å²) in [6, 6.07) is 19.2. The van der Waals surface area contributed by atoms with E-state index in [9.17, 15) is 0 Å². The van der Waals surface area contributed by atoms with Crippen LogP contribution in [-0.2, 0) is 12.8 Å². The molecule has 0 amide bonds. The fraction of sp³-hybridized carbons (Fsp3) is 0.263. The van der Waals surface area contributed by atoms with Gasteiger partial charge in [0.05, 0.1) is 0 Å². The molecule has 3 aromatic rings. The molecule has 0 aliphatic heterocycles. The highest BCUT2D eigenvalue weighted by Crippen LogP contribution is 2.23. The Kier molecular flexibility index (Phi) is 5.13. The monoisotopic (exact) mass is 323 g/mol. The number of nitrogens with zero attached hydrogens (tertiary/aromatic N) is 3. The summed E-state index contributed by atoms with van der Waals surface area (Å²) in [6.07, 6.45) is 2.09. The normalized spacial score (nSPS) is 10.9. The molecule has 1 heterocycles. The lowest BCUT2D eigenvalue weighted by molar-refractivity contribution is 0.866. The van der Waals surface area contributed by atoms with Gasteiger partial charge in [0.15, 0.2) is 5.16 Å². The Balaban J connectivity index is 1.73. The van der Waals surface area contributed by atoms with Crippen molar-refractivity contribution < 1.29 is 0 Å². The van der Waals surface area contributed by atoms with Crippen LogP contribution in [0.4, 0.5) is 0 Å². The Morgan fingerprint density at radius 3 is 2.35 bits per heavy atom. The Hall–Kier alpha value is -2.07. The largest absolute Gasteiger partial charge is 0.274 e. The minimum absolute atomic E-state index is 0.927. The lowest BCUT2D eigenvalue weighted by atomic mass is 10.1. The molecule has 2 aromatic carbocycles. The average molecular weight is 323 g/mol. The van der Waals surface area contributed by atoms with Crippen molar-refractivity contribution in [2.45, 2.75) is 31.8 Å². The lowest BCUT2D eigenvalue weighted by Gasteiger charge is -2.09. The summed E-state index contributed by atoms with van der Waals surface area (Å²) in [7, 11) is 0. The van der Waals surface area contributed by atoms with Gasteiger partial charge in [-0.1, -0.05) is 61.2 Å². The van der Waals surface area contributed by atoms with E-state index in [-0.39, 0.29) is 0 Å². The smallest absolute Gasteiger partial charge is 0.195 e. The van der Waals surface area contributed by atoms with E-state index in [0.717, 1.165) is 35.3 Å². The van der Waals surface area contributed by atoms with Crippen LogP contribution in [0.3, 0.4) is 0 Å². The molecule has 3 nitrogen and oxygen atoms in total. The van der Waals surface area contributed by atoms with Crippen molar-refractivity contribution in [2.24, 2.45) is 0 Å². The molecule has 118 valence electrons. The summed E-state index contributed by atoms with van der Waals surface area (Å²) >= 11 is 1.76. The number of thioether (sulfide) groups is 1. The van der Waals surface area contributed by atoms with Crippen LogP contribution in [0.1, 0.15) is 23.9 Å². The molecular weight excluding hydrogens is 302 g/mol. The Labute approximate surface area is 141 Å². The molecule has 0 radical (unpaired) electrons. The summed E-state index contributed by atoms with van der Waals surface area (Å²) < 4.78 is 2.13. The second kappa shape index (κ2) is 7.47. The minimum atomic E-state index is 0.927. The molecule has 0 saturated heterocycles. The minimum Gasteiger partial charge on any atom is -0.274 e. The van der Waals surface area contributed by atoms with E-state index in [4.69, 9.17) is 0 Å². The molecule has 0 spiro atoms. The van der Waals surface area contributed by atoms with Crippen molar-refractivity contribution in [1.29, 1.82) is 0 Å². The molecular formula is C19H21N3S. The van der Waals surface area contributed by atoms with Crippen molar-refractivity contribution in [3.05, 3.63) is 71.5 Å². The van der Waals surface area contributed by atoms with Gasteiger partial charge in [0.25, 0.3) is 0 Å². The molecule has 23 heavy (non-hydrogen) atoms. The summed E-state index contributed by atoms with van der Waals surface area (Å²) in [4.78, 5) is 0. The van der Waals surface area contributed by atoms with E-state index in [1.165, 1.54) is 11.1 Å². The Morgan fingerprint density at radius 1 is 0.913 bits per heavy atom. The highest BCUT2D eigenvalue weighted by Gasteiger charge is 2.11. The van der Waals surface area contributed by atoms with Gasteiger partial charge >= 0.3 is 0 Å². The molecule has 0 N–H and O–H groups in total. The fourth-order valence-corrected chi connectivity index (χ4v) is 3.50. The highest BCUT2D eigenvalue weighted by molar-refractivity contribution is 7.99. The summed E-state index contributed by atoms with van der Waals surface area (Å²) in [5.74, 6) is 1.92. The van der Waals surface area contributed by atoms with Crippen LogP contribution in [0.15, 0.2) is 59.8 Å². The molecule has 4 heteroatoms. The van der Waals surface area contributed by atoms with Gasteiger partial charge in [-0.3, -0.25) is 4.57 Å². The predicted octanol–water partition coefficient (Wildman–Crippen LogP) is 4.47. The zero-order valence-corrected chi connectivity index (χ0v) is 14.4. The maximum atomic E-state index is 4.34. The van der Waals surface area contributed by atoms with Gasteiger partial charge in [-0.05, 0) is 43.0 Å². The van der Waals surface area contributed by atoms with Crippen LogP contribution < -0.4 is 0 Å². The van der Waals surface area contributed by atoms with Gasteiger partial charge in [0, 0.05) is 11.4 Å². The number of hydrogen-bond acceptors (Lipinski definition) is 3. The topological polar surface area (TPSA) is 30.7 Å². The van der Waals surface area contributed by atoms with Crippen molar-refractivity contribution in [1.82, 2.24) is 14.8 Å². The maximum absolute atomic E-state index is 4.34. The first-order valence-electron chi connectivity index (χ1n) is 7.96. The number of hydrogen-bond donors (Lipinski definition) is 0. The van der Waals surface area contributed by atoms with Gasteiger partial charge in [-0.15, -0.1) is 10.2 Å². The molecule has 0 unspecified atom stereocenters. The maximum Gasteiger partial charge on any atom is 0.195 e. The molecule has 0 aliphatic carbocycles. The molecule has 0 aliphatic rings. The van der Waals surface area contributed by atoms with E-state index < -0.39 is 0 Å². The number of aryl methyl sites for hydroxylation is 3. The number of benzene rings is 2. The number of aromatic nitrogens is 3. The lowest BCUT2D eigenvalue weighted by Crippen LogP contribution is -2.00. The second-order valence-corrected chi connectivity index (χ2v) is 6.53. The van der Waals surface area contributed by atoms with E-state index in [1.54, 1.807) is 11.8 Å². The molecule has 0 atom stereocenters. The van der Waals surface area contributed by atoms with E-state index >= 15 is 0 Å². The Morgan fingerprint density at radius 2 is 1.65 bits per heavy atom. The highest BCUT2D eigenvalue weighted by atomic mass is 32.2. The first-order valence-corrected chi connectivity index (χ1v) is 8.94. The third-order valence-electron chi connectivity index (χ3n) is 3.86. The van der Waals surface area contributed by atoms with Gasteiger partial charge < -0.3 is 0 Å². The van der Waals surface area contributed by atoms with Crippen LogP contribution in [0, 0.1) is 6.92 Å². The third kappa shape index (κ3) is 3.82. The zero-order chi connectivity index (χ0) is 16.1. The summed E-state index contributed by atoms with van der Waals surface area (Å²) in [6.45, 7) is 4.17.